The lowest BCUT2D eigenvalue weighted by atomic mass is 9.92. The third-order valence-electron chi connectivity index (χ3n) is 3.74. The lowest BCUT2D eigenvalue weighted by Gasteiger charge is -2.14. The maximum absolute atomic E-state index is 14.4. The number of carbonyl (C=O) groups excluding carboxylic acids is 2. The number of methoxy groups -OCH3 is 1. The van der Waals surface area contributed by atoms with Gasteiger partial charge in [-0.3, -0.25) is 9.59 Å². The van der Waals surface area contributed by atoms with Gasteiger partial charge in [0.15, 0.2) is 5.78 Å². The fourth-order valence-electron chi connectivity index (χ4n) is 2.47. The molecule has 1 aliphatic rings. The highest BCUT2D eigenvalue weighted by Crippen LogP contribution is 2.37. The van der Waals surface area contributed by atoms with E-state index in [1.807, 2.05) is 0 Å². The molecule has 0 N–H and O–H groups in total. The summed E-state index contributed by atoms with van der Waals surface area (Å²) in [5.41, 5.74) is 0.431. The number of hydrogen-bond acceptors (Lipinski definition) is 3. The van der Waals surface area contributed by atoms with Gasteiger partial charge < -0.3 is 9.64 Å². The van der Waals surface area contributed by atoms with Crippen LogP contribution in [0.5, 0.6) is 5.75 Å². The van der Waals surface area contributed by atoms with Crippen molar-refractivity contribution in [3.05, 3.63) is 29.1 Å². The van der Waals surface area contributed by atoms with Crippen molar-refractivity contribution in [2.75, 3.05) is 14.2 Å². The van der Waals surface area contributed by atoms with E-state index < -0.39 is 23.7 Å². The first-order valence-corrected chi connectivity index (χ1v) is 6.53. The Morgan fingerprint density at radius 3 is 2.48 bits per heavy atom. The van der Waals surface area contributed by atoms with Crippen molar-refractivity contribution >= 4 is 11.7 Å². The molecular formula is C16H16FNO3. The molecule has 4 nitrogen and oxygen atoms in total. The molecule has 0 aliphatic carbocycles. The van der Waals surface area contributed by atoms with E-state index in [2.05, 4.69) is 11.8 Å². The molecule has 0 spiro atoms. The molecule has 2 rings (SSSR count). The van der Waals surface area contributed by atoms with Crippen molar-refractivity contribution < 1.29 is 18.7 Å². The minimum atomic E-state index is -1.15. The van der Waals surface area contributed by atoms with Gasteiger partial charge in [-0.2, -0.15) is 0 Å². The zero-order chi connectivity index (χ0) is 15.7. The molecule has 1 saturated heterocycles. The summed E-state index contributed by atoms with van der Waals surface area (Å²) < 4.78 is 19.6. The van der Waals surface area contributed by atoms with Gasteiger partial charge in [0.2, 0.25) is 5.91 Å². The molecule has 0 saturated carbocycles. The largest absolute Gasteiger partial charge is 0.496 e. The van der Waals surface area contributed by atoms with Gasteiger partial charge in [0, 0.05) is 18.2 Å². The highest BCUT2D eigenvalue weighted by Gasteiger charge is 2.46. The van der Waals surface area contributed by atoms with E-state index in [0.717, 1.165) is 0 Å². The standard InChI is InChI=1S/C16H16FNO3/c1-5-6-10-7-11(17)13(12(8-10)21-4)14-15(19)9(2)18(3)16(14)20/h7-9,14H,1-4H3. The first kappa shape index (κ1) is 15.0. The van der Waals surface area contributed by atoms with Gasteiger partial charge >= 0.3 is 0 Å². The van der Waals surface area contributed by atoms with E-state index in [9.17, 15) is 14.0 Å². The first-order valence-electron chi connectivity index (χ1n) is 6.53. The summed E-state index contributed by atoms with van der Waals surface area (Å²) in [6.45, 7) is 3.26. The number of ether oxygens (including phenoxy) is 1. The minimum absolute atomic E-state index is 0.00893. The Hall–Kier alpha value is -2.35. The van der Waals surface area contributed by atoms with Crippen molar-refractivity contribution in [3.8, 4) is 17.6 Å². The molecule has 5 heteroatoms. The van der Waals surface area contributed by atoms with Gasteiger partial charge in [-0.05, 0) is 26.0 Å². The van der Waals surface area contributed by atoms with Crippen molar-refractivity contribution in [3.63, 3.8) is 0 Å². The average molecular weight is 289 g/mol. The van der Waals surface area contributed by atoms with Crippen molar-refractivity contribution in [2.45, 2.75) is 25.8 Å². The van der Waals surface area contributed by atoms with Crippen LogP contribution >= 0.6 is 0 Å². The van der Waals surface area contributed by atoms with Crippen LogP contribution in [0.3, 0.4) is 0 Å². The molecule has 1 amide bonds. The number of carbonyl (C=O) groups is 2. The topological polar surface area (TPSA) is 46.6 Å². The van der Waals surface area contributed by atoms with Crippen LogP contribution in [0, 0.1) is 17.7 Å². The number of Topliss-reactive ketones (excluding diaryl/α,β-unsaturated/α-hetero) is 1. The quantitative estimate of drug-likeness (QED) is 0.615. The monoisotopic (exact) mass is 289 g/mol. The summed E-state index contributed by atoms with van der Waals surface area (Å²) >= 11 is 0. The molecule has 110 valence electrons. The van der Waals surface area contributed by atoms with E-state index in [1.165, 1.54) is 25.1 Å². The lowest BCUT2D eigenvalue weighted by molar-refractivity contribution is -0.129. The molecule has 1 heterocycles. The Labute approximate surface area is 122 Å². The van der Waals surface area contributed by atoms with Gasteiger partial charge in [-0.25, -0.2) is 4.39 Å². The van der Waals surface area contributed by atoms with E-state index in [1.54, 1.807) is 19.9 Å². The van der Waals surface area contributed by atoms with Crippen molar-refractivity contribution in [1.82, 2.24) is 4.90 Å². The number of nitrogens with zero attached hydrogens (tertiary/aromatic N) is 1. The predicted octanol–water partition coefficient (Wildman–Crippen LogP) is 1.72. The number of hydrogen-bond donors (Lipinski definition) is 0. The fraction of sp³-hybridized carbons (Fsp3) is 0.375. The SMILES string of the molecule is CC#Cc1cc(F)c(C2C(=O)C(C)N(C)C2=O)c(OC)c1. The zero-order valence-corrected chi connectivity index (χ0v) is 12.4. The predicted molar refractivity (Wildman–Crippen MR) is 75.5 cm³/mol. The minimum Gasteiger partial charge on any atom is -0.496 e. The molecule has 21 heavy (non-hydrogen) atoms. The fourth-order valence-corrected chi connectivity index (χ4v) is 2.47. The van der Waals surface area contributed by atoms with Gasteiger partial charge in [0.05, 0.1) is 13.2 Å². The summed E-state index contributed by atoms with van der Waals surface area (Å²) in [5, 5.41) is 0. The molecule has 1 aliphatic heterocycles. The number of amides is 1. The normalized spacial score (nSPS) is 21.3. The van der Waals surface area contributed by atoms with Gasteiger partial charge in [-0.15, -0.1) is 5.92 Å². The summed E-state index contributed by atoms with van der Waals surface area (Å²) in [6, 6.07) is 2.19. The number of likely N-dealkylation sites (N-methyl/N-ethyl adjacent to an activating group) is 1. The zero-order valence-electron chi connectivity index (χ0n) is 12.4. The van der Waals surface area contributed by atoms with Crippen LogP contribution in [-0.2, 0) is 9.59 Å². The molecule has 1 aromatic rings. The van der Waals surface area contributed by atoms with E-state index in [4.69, 9.17) is 4.74 Å². The summed E-state index contributed by atoms with van der Waals surface area (Å²) in [7, 11) is 2.91. The van der Waals surface area contributed by atoms with Gasteiger partial charge in [0.25, 0.3) is 0 Å². The van der Waals surface area contributed by atoms with Crippen molar-refractivity contribution in [1.29, 1.82) is 0 Å². The van der Waals surface area contributed by atoms with Crippen LogP contribution in [0.2, 0.25) is 0 Å². The van der Waals surface area contributed by atoms with E-state index >= 15 is 0 Å². The summed E-state index contributed by atoms with van der Waals surface area (Å²) in [6.07, 6.45) is 0. The van der Waals surface area contributed by atoms with E-state index in [-0.39, 0.29) is 17.1 Å². The number of ketones is 1. The highest BCUT2D eigenvalue weighted by atomic mass is 19.1. The van der Waals surface area contributed by atoms with Crippen LogP contribution in [0.25, 0.3) is 0 Å². The number of benzene rings is 1. The molecule has 2 unspecified atom stereocenters. The molecular weight excluding hydrogens is 273 g/mol. The third kappa shape index (κ3) is 2.38. The molecule has 1 aromatic carbocycles. The lowest BCUT2D eigenvalue weighted by Crippen LogP contribution is -2.28. The summed E-state index contributed by atoms with van der Waals surface area (Å²) in [4.78, 5) is 25.8. The summed E-state index contributed by atoms with van der Waals surface area (Å²) in [5.74, 6) is 3.02. The second-order valence-electron chi connectivity index (χ2n) is 4.91. The van der Waals surface area contributed by atoms with Crippen LogP contribution < -0.4 is 4.74 Å². The number of halogens is 1. The Morgan fingerprint density at radius 2 is 2.00 bits per heavy atom. The Balaban J connectivity index is 2.60. The van der Waals surface area contributed by atoms with Crippen LogP contribution in [0.1, 0.15) is 30.9 Å². The third-order valence-corrected chi connectivity index (χ3v) is 3.74. The highest BCUT2D eigenvalue weighted by molar-refractivity contribution is 6.15. The molecule has 1 fully saturated rings. The Morgan fingerprint density at radius 1 is 1.33 bits per heavy atom. The second-order valence-corrected chi connectivity index (χ2v) is 4.91. The number of rotatable bonds is 2. The Kier molecular flexibility index (Phi) is 3.99. The Bertz CT molecular complexity index is 652. The second kappa shape index (κ2) is 5.57. The molecule has 0 bridgehead atoms. The van der Waals surface area contributed by atoms with E-state index in [0.29, 0.717) is 5.56 Å². The van der Waals surface area contributed by atoms with Crippen molar-refractivity contribution in [2.24, 2.45) is 0 Å². The first-order chi connectivity index (χ1) is 9.92. The smallest absolute Gasteiger partial charge is 0.238 e. The maximum atomic E-state index is 14.4. The van der Waals surface area contributed by atoms with Gasteiger partial charge in [-0.1, -0.05) is 5.92 Å². The molecule has 0 aromatic heterocycles. The van der Waals surface area contributed by atoms with Crippen LogP contribution in [0.15, 0.2) is 12.1 Å². The number of likely N-dealkylation sites (tertiary alicyclic amines) is 1. The van der Waals surface area contributed by atoms with Crippen LogP contribution in [0.4, 0.5) is 4.39 Å². The van der Waals surface area contributed by atoms with Gasteiger partial charge in [0.1, 0.15) is 17.5 Å². The molecule has 2 atom stereocenters. The average Bonchev–Trinajstić information content (AvgIpc) is 2.64. The van der Waals surface area contributed by atoms with Crippen LogP contribution in [-0.4, -0.2) is 36.8 Å². The molecule has 0 radical (unpaired) electrons. The maximum Gasteiger partial charge on any atom is 0.238 e.